The predicted octanol–water partition coefficient (Wildman–Crippen LogP) is 3.71. The van der Waals surface area contributed by atoms with Crippen LogP contribution in [-0.2, 0) is 16.0 Å². The van der Waals surface area contributed by atoms with Gasteiger partial charge in [-0.3, -0.25) is 9.59 Å². The summed E-state index contributed by atoms with van der Waals surface area (Å²) < 4.78 is 26.6. The van der Waals surface area contributed by atoms with Gasteiger partial charge < -0.3 is 15.7 Å². The Morgan fingerprint density at radius 2 is 1.80 bits per heavy atom. The minimum Gasteiger partial charge on any atom is -0.477 e. The van der Waals surface area contributed by atoms with E-state index in [9.17, 15) is 28.3 Å². The molecule has 0 spiro atoms. The maximum absolute atomic E-state index is 13.3. The molecular formula is C20H23F2N3O4S. The molecule has 2 aromatic rings. The van der Waals surface area contributed by atoms with E-state index in [1.807, 2.05) is 6.92 Å². The van der Waals surface area contributed by atoms with Gasteiger partial charge in [0.1, 0.15) is 22.6 Å². The van der Waals surface area contributed by atoms with Crippen LogP contribution in [0, 0.1) is 11.6 Å². The summed E-state index contributed by atoms with van der Waals surface area (Å²) in [5.41, 5.74) is 0.514. The Hall–Kier alpha value is -2.88. The van der Waals surface area contributed by atoms with Crippen LogP contribution in [0.25, 0.3) is 0 Å². The minimum atomic E-state index is -1.13. The van der Waals surface area contributed by atoms with Crippen LogP contribution < -0.4 is 10.6 Å². The number of carboxylic acid groups (broad SMARTS) is 1. The van der Waals surface area contributed by atoms with E-state index in [1.54, 1.807) is 13.8 Å². The highest BCUT2D eigenvalue weighted by Gasteiger charge is 2.24. The molecule has 0 saturated heterocycles. The maximum Gasteiger partial charge on any atom is 0.347 e. The van der Waals surface area contributed by atoms with Crippen LogP contribution in [0.5, 0.6) is 0 Å². The Kier molecular flexibility index (Phi) is 7.99. The summed E-state index contributed by atoms with van der Waals surface area (Å²) in [5, 5.41) is 14.5. The molecule has 1 aromatic carbocycles. The number of carbonyl (C=O) groups excluding carboxylic acids is 2. The van der Waals surface area contributed by atoms with Crippen LogP contribution in [0.1, 0.15) is 60.5 Å². The van der Waals surface area contributed by atoms with E-state index in [0.29, 0.717) is 24.6 Å². The Bertz CT molecular complexity index is 926. The molecule has 162 valence electrons. The van der Waals surface area contributed by atoms with E-state index in [2.05, 4.69) is 15.6 Å². The largest absolute Gasteiger partial charge is 0.477 e. The quantitative estimate of drug-likeness (QED) is 0.552. The van der Waals surface area contributed by atoms with Crippen LogP contribution in [0.2, 0.25) is 0 Å². The molecule has 0 aliphatic carbocycles. The van der Waals surface area contributed by atoms with Crippen molar-refractivity contribution in [1.82, 2.24) is 10.3 Å². The SMILES string of the molecule is CCC[C@H](NC(=O)Cc1cc(F)cc(F)c1)C(=O)Nc1nc(C(C)C)c(C(=O)O)s1. The maximum atomic E-state index is 13.3. The van der Waals surface area contributed by atoms with E-state index in [1.165, 1.54) is 0 Å². The molecule has 7 nitrogen and oxygen atoms in total. The molecule has 0 unspecified atom stereocenters. The molecule has 0 aliphatic rings. The normalized spacial score (nSPS) is 11.9. The molecule has 3 N–H and O–H groups in total. The first-order valence-electron chi connectivity index (χ1n) is 9.39. The minimum absolute atomic E-state index is 0.0458. The van der Waals surface area contributed by atoms with Gasteiger partial charge in [0, 0.05) is 6.07 Å². The molecular weight excluding hydrogens is 416 g/mol. The number of nitrogens with zero attached hydrogens (tertiary/aromatic N) is 1. The van der Waals surface area contributed by atoms with Crippen molar-refractivity contribution in [2.45, 2.75) is 52.0 Å². The van der Waals surface area contributed by atoms with E-state index >= 15 is 0 Å². The molecule has 0 radical (unpaired) electrons. The zero-order valence-electron chi connectivity index (χ0n) is 16.8. The van der Waals surface area contributed by atoms with Crippen molar-refractivity contribution in [3.63, 3.8) is 0 Å². The van der Waals surface area contributed by atoms with Crippen molar-refractivity contribution in [1.29, 1.82) is 0 Å². The predicted molar refractivity (Wildman–Crippen MR) is 109 cm³/mol. The second-order valence-electron chi connectivity index (χ2n) is 7.05. The monoisotopic (exact) mass is 439 g/mol. The average molecular weight is 439 g/mol. The standard InChI is InChI=1S/C20H23F2N3O4S/c1-4-5-14(23-15(26)8-11-6-12(21)9-13(22)7-11)18(27)25-20-24-16(10(2)3)17(30-20)19(28)29/h6-7,9-10,14H,4-5,8H2,1-3H3,(H,23,26)(H,28,29)(H,24,25,27)/t14-/m0/s1. The van der Waals surface area contributed by atoms with Crippen molar-refractivity contribution in [2.75, 3.05) is 5.32 Å². The molecule has 0 bridgehead atoms. The van der Waals surface area contributed by atoms with Crippen molar-refractivity contribution in [2.24, 2.45) is 0 Å². The first kappa shape index (κ1) is 23.4. The number of aromatic carboxylic acids is 1. The lowest BCUT2D eigenvalue weighted by atomic mass is 10.1. The molecule has 1 aromatic heterocycles. The molecule has 2 amide bonds. The molecule has 0 fully saturated rings. The number of amides is 2. The Morgan fingerprint density at radius 1 is 1.17 bits per heavy atom. The van der Waals surface area contributed by atoms with Crippen LogP contribution in [0.3, 0.4) is 0 Å². The van der Waals surface area contributed by atoms with E-state index in [-0.39, 0.29) is 27.9 Å². The first-order valence-corrected chi connectivity index (χ1v) is 10.2. The molecule has 0 saturated carbocycles. The molecule has 1 atom stereocenters. The van der Waals surface area contributed by atoms with Gasteiger partial charge in [-0.1, -0.05) is 38.5 Å². The summed E-state index contributed by atoms with van der Waals surface area (Å²) in [5.74, 6) is -3.97. The number of hydrogen-bond acceptors (Lipinski definition) is 5. The van der Waals surface area contributed by atoms with Gasteiger partial charge in [-0.15, -0.1) is 0 Å². The highest BCUT2D eigenvalue weighted by atomic mass is 32.1. The van der Waals surface area contributed by atoms with Crippen LogP contribution in [0.4, 0.5) is 13.9 Å². The first-order chi connectivity index (χ1) is 14.1. The van der Waals surface area contributed by atoms with Crippen molar-refractivity contribution >= 4 is 34.3 Å². The third kappa shape index (κ3) is 6.31. The van der Waals surface area contributed by atoms with Gasteiger partial charge in [-0.2, -0.15) is 0 Å². The zero-order valence-corrected chi connectivity index (χ0v) is 17.6. The summed E-state index contributed by atoms with van der Waals surface area (Å²) in [7, 11) is 0. The van der Waals surface area contributed by atoms with Gasteiger partial charge in [0.15, 0.2) is 5.13 Å². The second kappa shape index (κ2) is 10.2. The summed E-state index contributed by atoms with van der Waals surface area (Å²) >= 11 is 0.846. The highest BCUT2D eigenvalue weighted by molar-refractivity contribution is 7.17. The lowest BCUT2D eigenvalue weighted by Crippen LogP contribution is -2.44. The number of aromatic nitrogens is 1. The molecule has 2 rings (SSSR count). The van der Waals surface area contributed by atoms with Crippen molar-refractivity contribution in [3.8, 4) is 0 Å². The fourth-order valence-corrected chi connectivity index (χ4v) is 3.79. The van der Waals surface area contributed by atoms with Gasteiger partial charge >= 0.3 is 5.97 Å². The summed E-state index contributed by atoms with van der Waals surface area (Å²) in [4.78, 5) is 40.5. The Labute approximate surface area is 176 Å². The second-order valence-corrected chi connectivity index (χ2v) is 8.04. The summed E-state index contributed by atoms with van der Waals surface area (Å²) in [6, 6.07) is 1.90. The van der Waals surface area contributed by atoms with E-state index in [4.69, 9.17) is 0 Å². The van der Waals surface area contributed by atoms with Crippen molar-refractivity contribution < 1.29 is 28.3 Å². The number of anilines is 1. The van der Waals surface area contributed by atoms with Gasteiger partial charge in [-0.25, -0.2) is 18.6 Å². The van der Waals surface area contributed by atoms with Crippen molar-refractivity contribution in [3.05, 3.63) is 46.0 Å². The highest BCUT2D eigenvalue weighted by Crippen LogP contribution is 2.28. The lowest BCUT2D eigenvalue weighted by Gasteiger charge is -2.17. The van der Waals surface area contributed by atoms with Gasteiger partial charge in [-0.05, 0) is 30.0 Å². The number of hydrogen-bond donors (Lipinski definition) is 3. The number of rotatable bonds is 9. The molecule has 0 aliphatic heterocycles. The van der Waals surface area contributed by atoms with Gasteiger partial charge in [0.05, 0.1) is 12.1 Å². The topological polar surface area (TPSA) is 108 Å². The fourth-order valence-electron chi connectivity index (χ4n) is 2.82. The number of nitrogens with one attached hydrogen (secondary N) is 2. The molecule has 1 heterocycles. The summed E-state index contributed by atoms with van der Waals surface area (Å²) in [6.45, 7) is 5.42. The van der Waals surface area contributed by atoms with Crippen LogP contribution >= 0.6 is 11.3 Å². The third-order valence-electron chi connectivity index (χ3n) is 4.14. The number of benzene rings is 1. The smallest absolute Gasteiger partial charge is 0.347 e. The zero-order chi connectivity index (χ0) is 22.4. The molecule has 30 heavy (non-hydrogen) atoms. The van der Waals surface area contributed by atoms with Gasteiger partial charge in [0.2, 0.25) is 11.8 Å². The number of halogens is 2. The number of thiazole rings is 1. The third-order valence-corrected chi connectivity index (χ3v) is 5.12. The van der Waals surface area contributed by atoms with Crippen LogP contribution in [-0.4, -0.2) is 33.9 Å². The number of carboxylic acids is 1. The van der Waals surface area contributed by atoms with Crippen LogP contribution in [0.15, 0.2) is 18.2 Å². The van der Waals surface area contributed by atoms with E-state index in [0.717, 1.165) is 23.5 Å². The number of carbonyl (C=O) groups is 3. The average Bonchev–Trinajstić information content (AvgIpc) is 3.04. The molecule has 10 heteroatoms. The fraction of sp³-hybridized carbons (Fsp3) is 0.400. The Balaban J connectivity index is 2.09. The van der Waals surface area contributed by atoms with Gasteiger partial charge in [0.25, 0.3) is 0 Å². The van der Waals surface area contributed by atoms with E-state index < -0.39 is 35.5 Å². The lowest BCUT2D eigenvalue weighted by molar-refractivity contribution is -0.126. The Morgan fingerprint density at radius 3 is 2.30 bits per heavy atom. The summed E-state index contributed by atoms with van der Waals surface area (Å²) in [6.07, 6.45) is 0.617.